The number of amides is 4. The van der Waals surface area contributed by atoms with Crippen molar-refractivity contribution < 1.29 is 24.3 Å². The minimum absolute atomic E-state index is 0.243. The lowest BCUT2D eigenvalue weighted by Gasteiger charge is -2.27. The highest BCUT2D eigenvalue weighted by atomic mass is 16.4. The van der Waals surface area contributed by atoms with Crippen LogP contribution in [0.5, 0.6) is 0 Å². The lowest BCUT2D eigenvalue weighted by molar-refractivity contribution is -0.139. The van der Waals surface area contributed by atoms with Crippen molar-refractivity contribution in [3.8, 4) is 0 Å². The number of hydrogen-bond acceptors (Lipinski definition) is 4. The highest BCUT2D eigenvalue weighted by Crippen LogP contribution is 2.33. The molecule has 8 nitrogen and oxygen atoms in total. The van der Waals surface area contributed by atoms with E-state index in [0.717, 1.165) is 17.7 Å². The Balaban J connectivity index is 1.92. The van der Waals surface area contributed by atoms with Crippen LogP contribution in [0.1, 0.15) is 19.3 Å². The van der Waals surface area contributed by atoms with Crippen LogP contribution < -0.4 is 10.6 Å². The summed E-state index contributed by atoms with van der Waals surface area (Å²) < 4.78 is 0. The first-order valence-electron chi connectivity index (χ1n) is 6.06. The maximum absolute atomic E-state index is 11.8. The highest BCUT2D eigenvalue weighted by molar-refractivity contribution is 6.02. The zero-order chi connectivity index (χ0) is 14.0. The molecule has 0 spiro atoms. The molecule has 2 rings (SSSR count). The van der Waals surface area contributed by atoms with E-state index in [-0.39, 0.29) is 13.1 Å². The summed E-state index contributed by atoms with van der Waals surface area (Å²) >= 11 is 0. The maximum Gasteiger partial charge on any atom is 0.326 e. The lowest BCUT2D eigenvalue weighted by atomic mass is 10.1. The van der Waals surface area contributed by atoms with E-state index in [1.165, 1.54) is 0 Å². The summed E-state index contributed by atoms with van der Waals surface area (Å²) in [4.78, 5) is 46.1. The molecule has 2 fully saturated rings. The summed E-state index contributed by atoms with van der Waals surface area (Å²) in [7, 11) is 0. The maximum atomic E-state index is 11.8. The van der Waals surface area contributed by atoms with Gasteiger partial charge in [-0.3, -0.25) is 14.9 Å². The van der Waals surface area contributed by atoms with Gasteiger partial charge in [-0.2, -0.15) is 0 Å². The fraction of sp³-hybridized carbons (Fsp3) is 0.636. The number of carbonyl (C=O) groups is 4. The smallest absolute Gasteiger partial charge is 0.326 e. The van der Waals surface area contributed by atoms with Gasteiger partial charge in [-0.25, -0.2) is 9.59 Å². The molecule has 104 valence electrons. The molecular weight excluding hydrogens is 254 g/mol. The summed E-state index contributed by atoms with van der Waals surface area (Å²) in [5.74, 6) is -1.90. The second kappa shape index (κ2) is 5.25. The minimum Gasteiger partial charge on any atom is -0.480 e. The molecule has 2 aliphatic rings. The van der Waals surface area contributed by atoms with Gasteiger partial charge in [0, 0.05) is 0 Å². The van der Waals surface area contributed by atoms with Crippen LogP contribution in [-0.2, 0) is 14.4 Å². The van der Waals surface area contributed by atoms with Gasteiger partial charge < -0.3 is 15.3 Å². The van der Waals surface area contributed by atoms with Gasteiger partial charge in [0.15, 0.2) is 0 Å². The average molecular weight is 269 g/mol. The Labute approximate surface area is 109 Å². The van der Waals surface area contributed by atoms with Crippen molar-refractivity contribution in [2.24, 2.45) is 5.92 Å². The number of urea groups is 1. The van der Waals surface area contributed by atoms with Gasteiger partial charge >= 0.3 is 12.0 Å². The first-order valence-corrected chi connectivity index (χ1v) is 6.06. The molecule has 1 saturated heterocycles. The van der Waals surface area contributed by atoms with Gasteiger partial charge in [0.1, 0.15) is 19.1 Å². The number of carboxylic acids is 1. The lowest BCUT2D eigenvalue weighted by Crippen LogP contribution is -2.57. The van der Waals surface area contributed by atoms with Gasteiger partial charge in [-0.1, -0.05) is 12.8 Å². The summed E-state index contributed by atoms with van der Waals surface area (Å²) in [6.07, 6.45) is 2.34. The van der Waals surface area contributed by atoms with Gasteiger partial charge in [0.2, 0.25) is 11.8 Å². The van der Waals surface area contributed by atoms with E-state index in [1.54, 1.807) is 0 Å². The van der Waals surface area contributed by atoms with Crippen molar-refractivity contribution >= 4 is 23.8 Å². The number of carbonyl (C=O) groups excluding carboxylic acids is 3. The van der Waals surface area contributed by atoms with Gasteiger partial charge in [-0.15, -0.1) is 0 Å². The number of nitrogens with one attached hydrogen (secondary N) is 2. The Hall–Kier alpha value is -2.12. The number of imide groups is 1. The zero-order valence-electron chi connectivity index (χ0n) is 10.2. The SMILES string of the molecule is O=C1CN(C(=O)N[C@@H](CC2CC2)C(=O)O)CC(=O)N1. The molecule has 4 amide bonds. The number of piperazine rings is 1. The molecule has 3 N–H and O–H groups in total. The molecule has 19 heavy (non-hydrogen) atoms. The highest BCUT2D eigenvalue weighted by Gasteiger charge is 2.33. The van der Waals surface area contributed by atoms with Crippen LogP contribution in [0.25, 0.3) is 0 Å². The molecule has 0 radical (unpaired) electrons. The number of nitrogens with zero attached hydrogens (tertiary/aromatic N) is 1. The van der Waals surface area contributed by atoms with Crippen LogP contribution in [0.15, 0.2) is 0 Å². The number of rotatable bonds is 4. The first-order chi connectivity index (χ1) is 8.95. The fourth-order valence-corrected chi connectivity index (χ4v) is 1.93. The molecule has 0 unspecified atom stereocenters. The fourth-order valence-electron chi connectivity index (χ4n) is 1.93. The molecule has 1 heterocycles. The Morgan fingerprint density at radius 2 is 1.89 bits per heavy atom. The molecule has 0 aromatic rings. The van der Waals surface area contributed by atoms with Crippen molar-refractivity contribution in [1.29, 1.82) is 0 Å². The van der Waals surface area contributed by atoms with Crippen LogP contribution in [0.4, 0.5) is 4.79 Å². The van der Waals surface area contributed by atoms with E-state index in [0.29, 0.717) is 12.3 Å². The van der Waals surface area contributed by atoms with E-state index >= 15 is 0 Å². The minimum atomic E-state index is -1.10. The molecule has 0 aromatic carbocycles. The van der Waals surface area contributed by atoms with E-state index in [4.69, 9.17) is 5.11 Å². The predicted molar refractivity (Wildman–Crippen MR) is 62.0 cm³/mol. The Bertz CT molecular complexity index is 416. The third-order valence-corrected chi connectivity index (χ3v) is 3.10. The topological polar surface area (TPSA) is 116 Å². The van der Waals surface area contributed by atoms with Crippen molar-refractivity contribution in [2.75, 3.05) is 13.1 Å². The molecule has 0 bridgehead atoms. The van der Waals surface area contributed by atoms with Crippen LogP contribution in [0.3, 0.4) is 0 Å². The van der Waals surface area contributed by atoms with Gasteiger partial charge in [-0.05, 0) is 12.3 Å². The summed E-state index contributed by atoms with van der Waals surface area (Å²) in [5.41, 5.74) is 0. The quantitative estimate of drug-likeness (QED) is 0.561. The molecule has 1 atom stereocenters. The van der Waals surface area contributed by atoms with E-state index < -0.39 is 29.9 Å². The van der Waals surface area contributed by atoms with Gasteiger partial charge in [0.05, 0.1) is 0 Å². The van der Waals surface area contributed by atoms with Crippen molar-refractivity contribution in [1.82, 2.24) is 15.5 Å². The number of carboxylic acid groups (broad SMARTS) is 1. The average Bonchev–Trinajstić information content (AvgIpc) is 3.10. The Kier molecular flexibility index (Phi) is 3.68. The molecule has 1 aliphatic heterocycles. The van der Waals surface area contributed by atoms with E-state index in [9.17, 15) is 19.2 Å². The Morgan fingerprint density at radius 3 is 2.37 bits per heavy atom. The molecular formula is C11H15N3O5. The van der Waals surface area contributed by atoms with Crippen molar-refractivity contribution in [3.05, 3.63) is 0 Å². The number of aliphatic carboxylic acids is 1. The summed E-state index contributed by atoms with van der Waals surface area (Å²) in [6, 6.07) is -1.67. The molecule has 0 aromatic heterocycles. The third-order valence-electron chi connectivity index (χ3n) is 3.10. The third kappa shape index (κ3) is 3.67. The van der Waals surface area contributed by atoms with E-state index in [1.807, 2.05) is 0 Å². The van der Waals surface area contributed by atoms with Crippen LogP contribution >= 0.6 is 0 Å². The van der Waals surface area contributed by atoms with E-state index in [2.05, 4.69) is 10.6 Å². The first kappa shape index (κ1) is 13.3. The summed E-state index contributed by atoms with van der Waals surface area (Å²) in [5, 5.41) is 13.4. The van der Waals surface area contributed by atoms with Crippen LogP contribution in [-0.4, -0.2) is 53.0 Å². The zero-order valence-corrected chi connectivity index (χ0v) is 10.2. The van der Waals surface area contributed by atoms with Crippen LogP contribution in [0.2, 0.25) is 0 Å². The van der Waals surface area contributed by atoms with Crippen molar-refractivity contribution in [2.45, 2.75) is 25.3 Å². The normalized spacial score (nSPS) is 20.7. The Morgan fingerprint density at radius 1 is 1.32 bits per heavy atom. The predicted octanol–water partition coefficient (Wildman–Crippen LogP) is -1.09. The number of hydrogen-bond donors (Lipinski definition) is 3. The summed E-state index contributed by atoms with van der Waals surface area (Å²) in [6.45, 7) is -0.485. The monoisotopic (exact) mass is 269 g/mol. The second-order valence-electron chi connectivity index (χ2n) is 4.85. The van der Waals surface area contributed by atoms with Crippen LogP contribution in [0, 0.1) is 5.92 Å². The molecule has 1 saturated carbocycles. The molecule has 1 aliphatic carbocycles. The largest absolute Gasteiger partial charge is 0.480 e. The van der Waals surface area contributed by atoms with Crippen molar-refractivity contribution in [3.63, 3.8) is 0 Å². The second-order valence-corrected chi connectivity index (χ2v) is 4.85. The van der Waals surface area contributed by atoms with Gasteiger partial charge in [0.25, 0.3) is 0 Å². The molecule has 8 heteroatoms. The standard InChI is InChI=1S/C11H15N3O5/c15-8-4-14(5-9(16)13-8)11(19)12-7(10(17)18)3-6-1-2-6/h6-7H,1-5H2,(H,12,19)(H,17,18)(H,13,15,16)/t7-/m0/s1.